The summed E-state index contributed by atoms with van der Waals surface area (Å²) < 4.78 is 5.11. The van der Waals surface area contributed by atoms with Gasteiger partial charge in [-0.15, -0.1) is 11.3 Å². The summed E-state index contributed by atoms with van der Waals surface area (Å²) in [5.41, 5.74) is 11.1. The molecule has 0 aliphatic heterocycles. The summed E-state index contributed by atoms with van der Waals surface area (Å²) in [5, 5.41) is 10.2. The first-order chi connectivity index (χ1) is 25.8. The van der Waals surface area contributed by atoms with Crippen molar-refractivity contribution >= 4 is 74.9 Å². The number of nitrogens with zero attached hydrogens (tertiary/aromatic N) is 1. The molecule has 9 aromatic carbocycles. The third kappa shape index (κ3) is 4.48. The lowest BCUT2D eigenvalue weighted by atomic mass is 9.94. The van der Waals surface area contributed by atoms with E-state index in [1.807, 2.05) is 11.3 Å². The minimum Gasteiger partial charge on any atom is -0.309 e. The van der Waals surface area contributed by atoms with Gasteiger partial charge in [0.2, 0.25) is 0 Å². The molecule has 0 saturated heterocycles. The van der Waals surface area contributed by atoms with E-state index >= 15 is 0 Å². The Morgan fingerprint density at radius 3 is 1.73 bits per heavy atom. The van der Waals surface area contributed by atoms with Crippen molar-refractivity contribution in [2.24, 2.45) is 0 Å². The van der Waals surface area contributed by atoms with Crippen molar-refractivity contribution in [2.75, 3.05) is 0 Å². The molecule has 11 aromatic rings. The summed E-state index contributed by atoms with van der Waals surface area (Å²) in [7, 11) is 0. The van der Waals surface area contributed by atoms with E-state index in [1.54, 1.807) is 0 Å². The van der Waals surface area contributed by atoms with Crippen LogP contribution in [-0.2, 0) is 0 Å². The second-order valence-corrected chi connectivity index (χ2v) is 14.7. The fraction of sp³-hybridized carbons (Fsp3) is 0. The Balaban J connectivity index is 1.18. The van der Waals surface area contributed by atoms with Crippen LogP contribution in [0.5, 0.6) is 0 Å². The summed E-state index contributed by atoms with van der Waals surface area (Å²) in [6.45, 7) is 0. The lowest BCUT2D eigenvalue weighted by molar-refractivity contribution is 1.20. The molecule has 0 amide bonds. The van der Waals surface area contributed by atoms with Crippen molar-refractivity contribution < 1.29 is 0 Å². The number of benzene rings is 9. The number of rotatable bonds is 4. The summed E-state index contributed by atoms with van der Waals surface area (Å²) in [6, 6.07) is 69.2. The van der Waals surface area contributed by atoms with E-state index in [2.05, 4.69) is 193 Å². The van der Waals surface area contributed by atoms with Crippen molar-refractivity contribution in [3.63, 3.8) is 0 Å². The molecule has 1 nitrogen and oxygen atoms in total. The molecule has 11 rings (SSSR count). The number of thiophene rings is 1. The number of fused-ring (bicyclic) bond motifs is 9. The molecule has 242 valence electrons. The topological polar surface area (TPSA) is 4.93 Å². The molecule has 2 heterocycles. The van der Waals surface area contributed by atoms with Gasteiger partial charge < -0.3 is 4.57 Å². The average molecular weight is 678 g/mol. The maximum atomic E-state index is 2.48. The Labute approximate surface area is 305 Å². The molecule has 0 bridgehead atoms. The van der Waals surface area contributed by atoms with Crippen molar-refractivity contribution in [3.05, 3.63) is 188 Å². The van der Waals surface area contributed by atoms with Gasteiger partial charge in [0.1, 0.15) is 0 Å². The van der Waals surface area contributed by atoms with Gasteiger partial charge in [-0.25, -0.2) is 0 Å². The first-order valence-corrected chi connectivity index (χ1v) is 18.7. The van der Waals surface area contributed by atoms with E-state index in [1.165, 1.54) is 103 Å². The van der Waals surface area contributed by atoms with E-state index < -0.39 is 0 Å². The molecule has 0 spiro atoms. The average Bonchev–Trinajstić information content (AvgIpc) is 3.76. The van der Waals surface area contributed by atoms with Crippen molar-refractivity contribution in [3.8, 4) is 39.1 Å². The van der Waals surface area contributed by atoms with E-state index in [9.17, 15) is 0 Å². The van der Waals surface area contributed by atoms with Gasteiger partial charge in [0.05, 0.1) is 16.7 Å². The molecule has 0 atom stereocenters. The van der Waals surface area contributed by atoms with E-state index in [0.29, 0.717) is 0 Å². The molecule has 0 N–H and O–H groups in total. The normalized spacial score (nSPS) is 11.8. The van der Waals surface area contributed by atoms with Crippen LogP contribution >= 0.6 is 11.3 Å². The van der Waals surface area contributed by atoms with E-state index in [-0.39, 0.29) is 0 Å². The van der Waals surface area contributed by atoms with E-state index in [0.717, 1.165) is 0 Å². The first kappa shape index (κ1) is 29.3. The van der Waals surface area contributed by atoms with Gasteiger partial charge >= 0.3 is 0 Å². The molecule has 2 aromatic heterocycles. The number of hydrogen-bond acceptors (Lipinski definition) is 1. The monoisotopic (exact) mass is 677 g/mol. The van der Waals surface area contributed by atoms with Gasteiger partial charge in [-0.2, -0.15) is 0 Å². The minimum absolute atomic E-state index is 1.21. The highest BCUT2D eigenvalue weighted by Crippen LogP contribution is 2.45. The second-order valence-electron chi connectivity index (χ2n) is 13.7. The molecule has 52 heavy (non-hydrogen) atoms. The quantitative estimate of drug-likeness (QED) is 0.163. The van der Waals surface area contributed by atoms with Crippen LogP contribution in [0.4, 0.5) is 0 Å². The Morgan fingerprint density at radius 2 is 0.923 bits per heavy atom. The highest BCUT2D eigenvalue weighted by atomic mass is 32.1. The van der Waals surface area contributed by atoms with Crippen LogP contribution in [0.1, 0.15) is 0 Å². The molecule has 0 aliphatic rings. The maximum absolute atomic E-state index is 2.48. The van der Waals surface area contributed by atoms with Crippen molar-refractivity contribution in [2.45, 2.75) is 0 Å². The zero-order valence-corrected chi connectivity index (χ0v) is 29.1. The molecular weight excluding hydrogens is 647 g/mol. The summed E-state index contributed by atoms with van der Waals surface area (Å²) in [5.74, 6) is 0. The zero-order chi connectivity index (χ0) is 34.2. The van der Waals surface area contributed by atoms with Crippen molar-refractivity contribution in [1.29, 1.82) is 0 Å². The molecule has 2 heteroatoms. The smallest absolute Gasteiger partial charge is 0.0546 e. The Kier molecular flexibility index (Phi) is 6.49. The highest BCUT2D eigenvalue weighted by Gasteiger charge is 2.19. The van der Waals surface area contributed by atoms with Gasteiger partial charge in [-0.05, 0) is 92.5 Å². The predicted octanol–water partition coefficient (Wildman–Crippen LogP) is 14.5. The molecule has 0 fully saturated rings. The number of aromatic nitrogens is 1. The van der Waals surface area contributed by atoms with Crippen LogP contribution in [0.3, 0.4) is 0 Å². The second kappa shape index (κ2) is 11.5. The van der Waals surface area contributed by atoms with Crippen LogP contribution in [0, 0.1) is 0 Å². The summed E-state index contributed by atoms with van der Waals surface area (Å²) in [4.78, 5) is 0. The van der Waals surface area contributed by atoms with Crippen molar-refractivity contribution in [1.82, 2.24) is 4.57 Å². The van der Waals surface area contributed by atoms with Crippen LogP contribution in [-0.4, -0.2) is 4.57 Å². The van der Waals surface area contributed by atoms with Gasteiger partial charge in [0.25, 0.3) is 0 Å². The van der Waals surface area contributed by atoms with Gasteiger partial charge in [0, 0.05) is 41.9 Å². The summed E-state index contributed by atoms with van der Waals surface area (Å²) >= 11 is 1.90. The van der Waals surface area contributed by atoms with Crippen LogP contribution in [0.25, 0.3) is 103 Å². The number of para-hydroxylation sites is 1. The molecule has 0 unspecified atom stereocenters. The van der Waals surface area contributed by atoms with Crippen LogP contribution in [0.2, 0.25) is 0 Å². The predicted molar refractivity (Wildman–Crippen MR) is 225 cm³/mol. The standard InChI is InChI=1S/C50H31NS/c1-3-13-32(14-4-1)34-24-26-49-44(27-34)45-30-37(33-15-5-2-6-16-33)29-42(50(45)52-49)36-23-25-47-43(28-36)41-21-11-12-22-46(41)51(47)48-31-35-17-7-8-18-38(35)39-19-9-10-20-40(39)48/h1-31H. The Morgan fingerprint density at radius 1 is 0.327 bits per heavy atom. The van der Waals surface area contributed by atoms with Gasteiger partial charge in [-0.1, -0.05) is 140 Å². The van der Waals surface area contributed by atoms with E-state index in [4.69, 9.17) is 0 Å². The van der Waals surface area contributed by atoms with Crippen LogP contribution < -0.4 is 0 Å². The molecule has 0 saturated carbocycles. The maximum Gasteiger partial charge on any atom is 0.0546 e. The fourth-order valence-electron chi connectivity index (χ4n) is 8.32. The molecule has 0 aliphatic carbocycles. The lowest BCUT2D eigenvalue weighted by Crippen LogP contribution is -1.96. The summed E-state index contributed by atoms with van der Waals surface area (Å²) in [6.07, 6.45) is 0. The Bertz CT molecular complexity index is 3170. The largest absolute Gasteiger partial charge is 0.309 e. The zero-order valence-electron chi connectivity index (χ0n) is 28.3. The number of hydrogen-bond donors (Lipinski definition) is 0. The lowest BCUT2D eigenvalue weighted by Gasteiger charge is -2.14. The van der Waals surface area contributed by atoms with Gasteiger partial charge in [-0.3, -0.25) is 0 Å². The Hall–Kier alpha value is -6.48. The highest BCUT2D eigenvalue weighted by molar-refractivity contribution is 7.26. The third-order valence-electron chi connectivity index (χ3n) is 10.8. The fourth-order valence-corrected chi connectivity index (χ4v) is 9.52. The first-order valence-electron chi connectivity index (χ1n) is 17.8. The van der Waals surface area contributed by atoms with Gasteiger partial charge in [0.15, 0.2) is 0 Å². The SMILES string of the molecule is c1ccc(-c2ccc3sc4c(-c5ccc6c(c5)c5ccccc5n6-c5cc6ccccc6c6ccccc56)cc(-c5ccccc5)cc4c3c2)cc1. The third-order valence-corrected chi connectivity index (χ3v) is 12.0. The molecule has 0 radical (unpaired) electrons. The van der Waals surface area contributed by atoms with Crippen LogP contribution in [0.15, 0.2) is 188 Å². The minimum atomic E-state index is 1.21. The molecular formula is C50H31NS.